The maximum atomic E-state index is 13.1. The lowest BCUT2D eigenvalue weighted by molar-refractivity contribution is 0.0693. The zero-order valence-electron chi connectivity index (χ0n) is 17.1. The van der Waals surface area contributed by atoms with E-state index < -0.39 is 5.97 Å². The Balaban J connectivity index is 1.79. The number of fused-ring (bicyclic) bond motifs is 3. The number of hydrogen-bond acceptors (Lipinski definition) is 2. The third-order valence-corrected chi connectivity index (χ3v) is 5.67. The Bertz CT molecular complexity index is 1240. The van der Waals surface area contributed by atoms with E-state index in [1.807, 2.05) is 30.3 Å². The molecule has 0 spiro atoms. The number of carboxylic acid groups (broad SMARTS) is 1. The fourth-order valence-corrected chi connectivity index (χ4v) is 4.16. The quantitative estimate of drug-likeness (QED) is 0.279. The van der Waals surface area contributed by atoms with Crippen molar-refractivity contribution >= 4 is 33.6 Å². The fourth-order valence-electron chi connectivity index (χ4n) is 4.16. The number of benzene rings is 3. The average Bonchev–Trinajstić information content (AvgIpc) is 3.09. The second-order valence-corrected chi connectivity index (χ2v) is 7.64. The van der Waals surface area contributed by atoms with Gasteiger partial charge in [0.25, 0.3) is 0 Å². The molecular weight excluding hydrogens is 374 g/mol. The lowest BCUT2D eigenvalue weighted by atomic mass is 9.97. The van der Waals surface area contributed by atoms with Crippen molar-refractivity contribution in [1.29, 1.82) is 0 Å². The number of aromatic carboxylic acids is 1. The predicted molar refractivity (Wildman–Crippen MR) is 120 cm³/mol. The highest BCUT2D eigenvalue weighted by molar-refractivity contribution is 6.17. The molecule has 152 valence electrons. The first-order valence-electron chi connectivity index (χ1n) is 10.5. The summed E-state index contributed by atoms with van der Waals surface area (Å²) in [5, 5.41) is 11.6. The topological polar surface area (TPSA) is 59.3 Å². The van der Waals surface area contributed by atoms with E-state index in [1.54, 1.807) is 18.2 Å². The van der Waals surface area contributed by atoms with Crippen LogP contribution in [0.1, 0.15) is 58.9 Å². The van der Waals surface area contributed by atoms with Gasteiger partial charge in [0.15, 0.2) is 5.78 Å². The number of ketones is 1. The lowest BCUT2D eigenvalue weighted by Gasteiger charge is -2.08. The van der Waals surface area contributed by atoms with Gasteiger partial charge in [0.1, 0.15) is 0 Å². The molecule has 0 saturated heterocycles. The molecule has 0 aliphatic heterocycles. The Morgan fingerprint density at radius 2 is 1.50 bits per heavy atom. The third kappa shape index (κ3) is 3.61. The van der Waals surface area contributed by atoms with Gasteiger partial charge in [-0.15, -0.1) is 0 Å². The summed E-state index contributed by atoms with van der Waals surface area (Å²) in [6, 6.07) is 20.3. The van der Waals surface area contributed by atoms with Gasteiger partial charge in [-0.3, -0.25) is 4.79 Å². The molecule has 0 bridgehead atoms. The van der Waals surface area contributed by atoms with Crippen LogP contribution in [0, 0.1) is 0 Å². The molecule has 4 heteroatoms. The molecule has 4 nitrogen and oxygen atoms in total. The number of aromatic nitrogens is 1. The SMILES string of the molecule is CCCCCCn1c2ccccc2c2cc(C(=O)c3ccccc3C(=O)O)ccc21. The number of carbonyl (C=O) groups excluding carboxylic acids is 1. The van der Waals surface area contributed by atoms with Gasteiger partial charge in [-0.2, -0.15) is 0 Å². The molecule has 0 atom stereocenters. The van der Waals surface area contributed by atoms with Gasteiger partial charge in [0, 0.05) is 39.5 Å². The van der Waals surface area contributed by atoms with Crippen LogP contribution in [0.25, 0.3) is 21.8 Å². The van der Waals surface area contributed by atoms with E-state index in [2.05, 4.69) is 23.6 Å². The molecule has 1 heterocycles. The molecule has 0 aliphatic carbocycles. The van der Waals surface area contributed by atoms with Crippen LogP contribution in [0.4, 0.5) is 0 Å². The molecule has 0 unspecified atom stereocenters. The van der Waals surface area contributed by atoms with Crippen LogP contribution < -0.4 is 0 Å². The minimum absolute atomic E-state index is 0.0287. The van der Waals surface area contributed by atoms with E-state index in [0.717, 1.165) is 29.3 Å². The first-order valence-corrected chi connectivity index (χ1v) is 10.5. The van der Waals surface area contributed by atoms with E-state index >= 15 is 0 Å². The van der Waals surface area contributed by atoms with Gasteiger partial charge >= 0.3 is 5.97 Å². The Kier molecular flexibility index (Phi) is 5.66. The van der Waals surface area contributed by atoms with E-state index in [9.17, 15) is 14.7 Å². The number of carbonyl (C=O) groups is 2. The second-order valence-electron chi connectivity index (χ2n) is 7.64. The summed E-state index contributed by atoms with van der Waals surface area (Å²) in [7, 11) is 0. The molecule has 3 aromatic carbocycles. The van der Waals surface area contributed by atoms with Gasteiger partial charge in [0.2, 0.25) is 0 Å². The predicted octanol–water partition coefficient (Wildman–Crippen LogP) is 6.30. The summed E-state index contributed by atoms with van der Waals surface area (Å²) in [6.45, 7) is 3.15. The van der Waals surface area contributed by atoms with Crippen molar-refractivity contribution in [3.05, 3.63) is 83.4 Å². The van der Waals surface area contributed by atoms with Crippen molar-refractivity contribution in [2.45, 2.75) is 39.2 Å². The largest absolute Gasteiger partial charge is 0.478 e. The minimum atomic E-state index is -1.09. The maximum absolute atomic E-state index is 13.1. The third-order valence-electron chi connectivity index (χ3n) is 5.67. The molecule has 0 radical (unpaired) electrons. The first-order chi connectivity index (χ1) is 14.6. The number of nitrogens with zero attached hydrogens (tertiary/aromatic N) is 1. The molecule has 0 aliphatic rings. The summed E-state index contributed by atoms with van der Waals surface area (Å²) in [6.07, 6.45) is 4.76. The number of rotatable bonds is 8. The minimum Gasteiger partial charge on any atom is -0.478 e. The molecule has 0 saturated carbocycles. The number of aryl methyl sites for hydroxylation is 1. The summed E-state index contributed by atoms with van der Waals surface area (Å²) in [4.78, 5) is 24.7. The standard InChI is InChI=1S/C26H25NO3/c1-2-3-4-9-16-27-23-13-8-7-10-19(23)22-17-18(14-15-24(22)27)25(28)20-11-5-6-12-21(20)26(29)30/h5-8,10-15,17H,2-4,9,16H2,1H3,(H,29,30). The number of unbranched alkanes of at least 4 members (excludes halogenated alkanes) is 3. The summed E-state index contributed by atoms with van der Waals surface area (Å²) >= 11 is 0. The van der Waals surface area contributed by atoms with Crippen molar-refractivity contribution in [2.75, 3.05) is 0 Å². The first kappa shape index (κ1) is 19.9. The van der Waals surface area contributed by atoms with Gasteiger partial charge < -0.3 is 9.67 Å². The van der Waals surface area contributed by atoms with Crippen LogP contribution in [0.15, 0.2) is 66.7 Å². The van der Waals surface area contributed by atoms with Crippen LogP contribution in [0.2, 0.25) is 0 Å². The fraction of sp³-hybridized carbons (Fsp3) is 0.231. The molecule has 1 N–H and O–H groups in total. The van der Waals surface area contributed by atoms with Gasteiger partial charge in [-0.05, 0) is 36.8 Å². The number of hydrogen-bond donors (Lipinski definition) is 1. The monoisotopic (exact) mass is 399 g/mol. The highest BCUT2D eigenvalue weighted by atomic mass is 16.4. The van der Waals surface area contributed by atoms with Crippen molar-refractivity contribution in [3.63, 3.8) is 0 Å². The maximum Gasteiger partial charge on any atom is 0.336 e. The van der Waals surface area contributed by atoms with Crippen molar-refractivity contribution < 1.29 is 14.7 Å². The van der Waals surface area contributed by atoms with Crippen LogP contribution in [0.3, 0.4) is 0 Å². The molecule has 0 amide bonds. The van der Waals surface area contributed by atoms with Crippen LogP contribution >= 0.6 is 0 Å². The molecule has 30 heavy (non-hydrogen) atoms. The Hall–Kier alpha value is -3.40. The summed E-state index contributed by atoms with van der Waals surface area (Å²) < 4.78 is 2.33. The van der Waals surface area contributed by atoms with E-state index in [1.165, 1.54) is 30.8 Å². The smallest absolute Gasteiger partial charge is 0.336 e. The molecule has 1 aromatic heterocycles. The highest BCUT2D eigenvalue weighted by Gasteiger charge is 2.19. The van der Waals surface area contributed by atoms with Crippen LogP contribution in [0.5, 0.6) is 0 Å². The van der Waals surface area contributed by atoms with Crippen molar-refractivity contribution in [1.82, 2.24) is 4.57 Å². The Morgan fingerprint density at radius 1 is 0.800 bits per heavy atom. The van der Waals surface area contributed by atoms with Crippen molar-refractivity contribution in [3.8, 4) is 0 Å². The molecule has 4 aromatic rings. The lowest BCUT2D eigenvalue weighted by Crippen LogP contribution is -2.09. The summed E-state index contributed by atoms with van der Waals surface area (Å²) in [5.41, 5.74) is 3.02. The zero-order valence-corrected chi connectivity index (χ0v) is 17.1. The second kappa shape index (κ2) is 8.54. The van der Waals surface area contributed by atoms with E-state index in [-0.39, 0.29) is 16.9 Å². The zero-order chi connectivity index (χ0) is 21.1. The van der Waals surface area contributed by atoms with E-state index in [0.29, 0.717) is 5.56 Å². The molecule has 0 fully saturated rings. The van der Waals surface area contributed by atoms with Gasteiger partial charge in [-0.1, -0.05) is 62.6 Å². The van der Waals surface area contributed by atoms with Gasteiger partial charge in [-0.25, -0.2) is 4.79 Å². The van der Waals surface area contributed by atoms with Gasteiger partial charge in [0.05, 0.1) is 5.56 Å². The molecule has 4 rings (SSSR count). The van der Waals surface area contributed by atoms with E-state index in [4.69, 9.17) is 0 Å². The normalized spacial score (nSPS) is 11.2. The van der Waals surface area contributed by atoms with Crippen molar-refractivity contribution in [2.24, 2.45) is 0 Å². The van der Waals surface area contributed by atoms with Crippen LogP contribution in [-0.2, 0) is 6.54 Å². The Morgan fingerprint density at radius 3 is 2.27 bits per heavy atom. The van der Waals surface area contributed by atoms with Crippen LogP contribution in [-0.4, -0.2) is 21.4 Å². The number of para-hydroxylation sites is 1. The molecular formula is C26H25NO3. The Labute approximate surface area is 175 Å². The average molecular weight is 399 g/mol. The highest BCUT2D eigenvalue weighted by Crippen LogP contribution is 2.31. The number of carboxylic acids is 1. The summed E-state index contributed by atoms with van der Waals surface area (Å²) in [5.74, 6) is -1.36.